The predicted octanol–water partition coefficient (Wildman–Crippen LogP) is 8.46. The summed E-state index contributed by atoms with van der Waals surface area (Å²) in [4.78, 5) is 20.8. The Hall–Kier alpha value is -3.22. The van der Waals surface area contributed by atoms with E-state index in [4.69, 9.17) is 26.1 Å². The number of amidine groups is 1. The van der Waals surface area contributed by atoms with Gasteiger partial charge in [0.05, 0.1) is 34.5 Å². The number of halogens is 1. The number of hydrogen-bond acceptors (Lipinski definition) is 5. The molecule has 0 bridgehead atoms. The fourth-order valence-electron chi connectivity index (χ4n) is 3.95. The summed E-state index contributed by atoms with van der Waals surface area (Å²) in [5, 5.41) is 1.04. The van der Waals surface area contributed by atoms with E-state index >= 15 is 0 Å². The van der Waals surface area contributed by atoms with Crippen LogP contribution in [0.4, 0.5) is 11.4 Å². The number of carbonyl (C=O) groups is 1. The molecule has 1 saturated heterocycles. The Kier molecular flexibility index (Phi) is 9.18. The molecule has 0 aromatic heterocycles. The summed E-state index contributed by atoms with van der Waals surface area (Å²) in [5.74, 6) is 0.890. The number of anilines is 1. The summed E-state index contributed by atoms with van der Waals surface area (Å²) >= 11 is 7.93. The molecule has 0 N–H and O–H groups in total. The Balaban J connectivity index is 1.74. The highest BCUT2D eigenvalue weighted by molar-refractivity contribution is 8.19. The van der Waals surface area contributed by atoms with Crippen molar-refractivity contribution in [2.75, 3.05) is 12.0 Å². The number of ether oxygens (including phenoxy) is 2. The van der Waals surface area contributed by atoms with Gasteiger partial charge < -0.3 is 9.47 Å². The smallest absolute Gasteiger partial charge is 0.271 e. The Labute approximate surface area is 234 Å². The normalized spacial score (nSPS) is 16.4. The van der Waals surface area contributed by atoms with Gasteiger partial charge in [-0.15, -0.1) is 0 Å². The van der Waals surface area contributed by atoms with Gasteiger partial charge in [-0.2, -0.15) is 0 Å². The van der Waals surface area contributed by atoms with Crippen LogP contribution in [-0.4, -0.2) is 24.3 Å². The van der Waals surface area contributed by atoms with Gasteiger partial charge in [0.15, 0.2) is 16.7 Å². The second-order valence-corrected chi connectivity index (χ2v) is 10.5. The lowest BCUT2D eigenvalue weighted by Gasteiger charge is -2.17. The van der Waals surface area contributed by atoms with E-state index in [-0.39, 0.29) is 12.0 Å². The van der Waals surface area contributed by atoms with E-state index in [9.17, 15) is 4.79 Å². The molecule has 0 spiro atoms. The molecule has 1 atom stereocenters. The molecular formula is C31H33ClN2O3S. The van der Waals surface area contributed by atoms with Crippen LogP contribution in [0.15, 0.2) is 70.6 Å². The lowest BCUT2D eigenvalue weighted by atomic mass is 10.1. The number of rotatable bonds is 9. The van der Waals surface area contributed by atoms with Gasteiger partial charge in [-0.3, -0.25) is 9.69 Å². The monoisotopic (exact) mass is 548 g/mol. The van der Waals surface area contributed by atoms with Crippen molar-refractivity contribution in [2.24, 2.45) is 4.99 Å². The van der Waals surface area contributed by atoms with Crippen LogP contribution in [0.25, 0.3) is 6.08 Å². The Bertz CT molecular complexity index is 1350. The Morgan fingerprint density at radius 2 is 1.63 bits per heavy atom. The summed E-state index contributed by atoms with van der Waals surface area (Å²) in [6.45, 7) is 8.26. The first-order valence-electron chi connectivity index (χ1n) is 12.9. The van der Waals surface area contributed by atoms with Crippen molar-refractivity contribution >= 4 is 51.9 Å². The van der Waals surface area contributed by atoms with Crippen LogP contribution < -0.4 is 14.4 Å². The maximum absolute atomic E-state index is 13.7. The van der Waals surface area contributed by atoms with Crippen LogP contribution in [0.5, 0.6) is 11.5 Å². The van der Waals surface area contributed by atoms with E-state index in [1.807, 2.05) is 62.4 Å². The Morgan fingerprint density at radius 1 is 1.00 bits per heavy atom. The molecule has 7 heteroatoms. The maximum atomic E-state index is 13.7. The van der Waals surface area contributed by atoms with Gasteiger partial charge in [0.25, 0.3) is 5.91 Å². The number of carbonyl (C=O) groups excluding carboxylic acids is 1. The average molecular weight is 549 g/mol. The number of nitrogens with zero attached hydrogens (tertiary/aromatic N) is 2. The van der Waals surface area contributed by atoms with Crippen LogP contribution in [0.2, 0.25) is 5.02 Å². The van der Waals surface area contributed by atoms with Crippen molar-refractivity contribution in [1.29, 1.82) is 0 Å². The molecule has 5 nitrogen and oxygen atoms in total. The van der Waals surface area contributed by atoms with Crippen LogP contribution in [0.3, 0.4) is 0 Å². The van der Waals surface area contributed by atoms with Gasteiger partial charge in [-0.05, 0) is 97.1 Å². The van der Waals surface area contributed by atoms with E-state index in [0.29, 0.717) is 26.6 Å². The second kappa shape index (κ2) is 12.5. The SMILES string of the molecule is CCc1ccc(N=C2S/C(=C\c3cc(Cl)c(O[C@@H](C)CC)c(OC)c3)C(=O)N2c2ccc(CC)cc2)cc1. The number of methoxy groups -OCH3 is 1. The van der Waals surface area contributed by atoms with Crippen LogP contribution >= 0.6 is 23.4 Å². The number of hydrogen-bond donors (Lipinski definition) is 0. The maximum Gasteiger partial charge on any atom is 0.271 e. The minimum Gasteiger partial charge on any atom is -0.493 e. The molecule has 3 aromatic rings. The summed E-state index contributed by atoms with van der Waals surface area (Å²) in [6.07, 6.45) is 4.55. The lowest BCUT2D eigenvalue weighted by Crippen LogP contribution is -2.28. The molecule has 1 amide bonds. The van der Waals surface area contributed by atoms with Gasteiger partial charge in [-0.25, -0.2) is 4.99 Å². The minimum atomic E-state index is -0.141. The first-order valence-corrected chi connectivity index (χ1v) is 14.1. The van der Waals surface area contributed by atoms with Crippen molar-refractivity contribution < 1.29 is 14.3 Å². The van der Waals surface area contributed by atoms with E-state index in [1.165, 1.54) is 22.9 Å². The van der Waals surface area contributed by atoms with Crippen LogP contribution in [0.1, 0.15) is 50.8 Å². The number of aryl methyl sites for hydroxylation is 2. The first-order chi connectivity index (χ1) is 18.4. The van der Waals surface area contributed by atoms with Crippen molar-refractivity contribution in [3.63, 3.8) is 0 Å². The highest BCUT2D eigenvalue weighted by Gasteiger charge is 2.35. The van der Waals surface area contributed by atoms with E-state index < -0.39 is 0 Å². The molecule has 0 aliphatic carbocycles. The second-order valence-electron chi connectivity index (χ2n) is 9.06. The molecule has 0 unspecified atom stereocenters. The fourth-order valence-corrected chi connectivity index (χ4v) is 5.21. The van der Waals surface area contributed by atoms with Crippen molar-refractivity contribution in [1.82, 2.24) is 0 Å². The van der Waals surface area contributed by atoms with Gasteiger partial charge >= 0.3 is 0 Å². The van der Waals surface area contributed by atoms with Crippen LogP contribution in [-0.2, 0) is 17.6 Å². The van der Waals surface area contributed by atoms with E-state index in [2.05, 4.69) is 26.0 Å². The number of aliphatic imine (C=N–C) groups is 1. The summed E-state index contributed by atoms with van der Waals surface area (Å²) < 4.78 is 11.5. The molecule has 4 rings (SSSR count). The summed E-state index contributed by atoms with van der Waals surface area (Å²) in [5.41, 5.74) is 4.77. The highest BCUT2D eigenvalue weighted by atomic mass is 35.5. The zero-order valence-electron chi connectivity index (χ0n) is 22.5. The minimum absolute atomic E-state index is 0.00427. The fraction of sp³-hybridized carbons (Fsp3) is 0.290. The zero-order valence-corrected chi connectivity index (χ0v) is 24.0. The van der Waals surface area contributed by atoms with E-state index in [0.717, 1.165) is 36.2 Å². The number of thioether (sulfide) groups is 1. The number of benzene rings is 3. The predicted molar refractivity (Wildman–Crippen MR) is 160 cm³/mol. The van der Waals surface area contributed by atoms with Crippen molar-refractivity contribution in [2.45, 2.75) is 53.1 Å². The number of amides is 1. The largest absolute Gasteiger partial charge is 0.493 e. The summed E-state index contributed by atoms with van der Waals surface area (Å²) in [6, 6.07) is 19.8. The van der Waals surface area contributed by atoms with Gasteiger partial charge in [-0.1, -0.05) is 56.6 Å². The van der Waals surface area contributed by atoms with Gasteiger partial charge in [0.1, 0.15) is 0 Å². The zero-order chi connectivity index (χ0) is 27.2. The lowest BCUT2D eigenvalue weighted by molar-refractivity contribution is -0.113. The molecule has 1 aliphatic heterocycles. The molecule has 198 valence electrons. The standard InChI is InChI=1S/C31H33ClN2O3S/c1-6-20(4)37-29-26(32)17-23(18-27(29)36-5)19-28-30(35)34(25-15-11-22(8-3)12-16-25)31(38-28)33-24-13-9-21(7-2)10-14-24/h9-20H,6-8H2,1-5H3/b28-19-,33-31?/t20-/m0/s1. The summed E-state index contributed by atoms with van der Waals surface area (Å²) in [7, 11) is 1.58. The van der Waals surface area contributed by atoms with Gasteiger partial charge in [0, 0.05) is 0 Å². The molecule has 1 fully saturated rings. The quantitative estimate of drug-likeness (QED) is 0.252. The third-order valence-electron chi connectivity index (χ3n) is 6.42. The molecule has 0 radical (unpaired) electrons. The average Bonchev–Trinajstić information content (AvgIpc) is 3.24. The highest BCUT2D eigenvalue weighted by Crippen LogP contribution is 2.41. The van der Waals surface area contributed by atoms with Gasteiger partial charge in [0.2, 0.25) is 0 Å². The topological polar surface area (TPSA) is 51.1 Å². The molecular weight excluding hydrogens is 516 g/mol. The molecule has 1 aliphatic rings. The molecule has 0 saturated carbocycles. The third-order valence-corrected chi connectivity index (χ3v) is 7.67. The molecule has 1 heterocycles. The van der Waals surface area contributed by atoms with E-state index in [1.54, 1.807) is 18.1 Å². The Morgan fingerprint density at radius 3 is 2.21 bits per heavy atom. The molecule has 38 heavy (non-hydrogen) atoms. The van der Waals surface area contributed by atoms with Crippen LogP contribution in [0, 0.1) is 0 Å². The third kappa shape index (κ3) is 6.25. The van der Waals surface area contributed by atoms with Crippen molar-refractivity contribution in [3.05, 3.63) is 87.3 Å². The van der Waals surface area contributed by atoms with Crippen molar-refractivity contribution in [3.8, 4) is 11.5 Å². The first kappa shape index (κ1) is 27.8. The molecule has 3 aromatic carbocycles.